The Bertz CT molecular complexity index is 439. The predicted molar refractivity (Wildman–Crippen MR) is 103 cm³/mol. The van der Waals surface area contributed by atoms with Crippen LogP contribution in [0.15, 0.2) is 36.7 Å². The van der Waals surface area contributed by atoms with Crippen molar-refractivity contribution in [3.05, 3.63) is 36.7 Å². The molecule has 0 amide bonds. The summed E-state index contributed by atoms with van der Waals surface area (Å²) >= 11 is 0. The molecular formula is C19H35NO3S. The fourth-order valence-corrected chi connectivity index (χ4v) is 2.92. The lowest BCUT2D eigenvalue weighted by Gasteiger charge is -2.01. The van der Waals surface area contributed by atoms with Gasteiger partial charge in [0.2, 0.25) is 0 Å². The zero-order valence-electron chi connectivity index (χ0n) is 15.1. The van der Waals surface area contributed by atoms with Gasteiger partial charge in [0.15, 0.2) is 0 Å². The molecule has 1 aliphatic heterocycles. The first-order chi connectivity index (χ1) is 11.6. The van der Waals surface area contributed by atoms with Gasteiger partial charge in [0.25, 0.3) is 10.1 Å². The van der Waals surface area contributed by atoms with Crippen molar-refractivity contribution in [1.29, 1.82) is 0 Å². The van der Waals surface area contributed by atoms with Gasteiger partial charge in [-0.1, -0.05) is 83.3 Å². The van der Waals surface area contributed by atoms with Crippen LogP contribution >= 0.6 is 0 Å². The quantitative estimate of drug-likeness (QED) is 0.364. The molecule has 0 bridgehead atoms. The van der Waals surface area contributed by atoms with Crippen LogP contribution in [-0.2, 0) is 10.1 Å². The lowest BCUT2D eigenvalue weighted by atomic mass is 10.1. The van der Waals surface area contributed by atoms with E-state index in [0.717, 1.165) is 12.8 Å². The van der Waals surface area contributed by atoms with Crippen molar-refractivity contribution in [3.8, 4) is 0 Å². The number of hydrogen-bond donors (Lipinski definition) is 2. The minimum Gasteiger partial charge on any atom is -0.368 e. The Morgan fingerprint density at radius 2 is 1.12 bits per heavy atom. The number of nitrogens with one attached hydrogen (secondary N) is 1. The monoisotopic (exact) mass is 357 g/mol. The molecule has 0 aromatic heterocycles. The van der Waals surface area contributed by atoms with Gasteiger partial charge in [-0.15, -0.1) is 0 Å². The van der Waals surface area contributed by atoms with E-state index in [2.05, 4.69) is 12.2 Å². The smallest absolute Gasteiger partial charge is 0.264 e. The Labute approximate surface area is 148 Å². The Kier molecular flexibility index (Phi) is 16.0. The molecule has 1 heterocycles. The summed E-state index contributed by atoms with van der Waals surface area (Å²) in [6.45, 7) is 2.23. The SMILES string of the molecule is C1=CC=CNC=C1.CCCCCCCCCCCCCS(=O)(=O)O. The van der Waals surface area contributed by atoms with Crippen LogP contribution in [0.3, 0.4) is 0 Å². The first-order valence-corrected chi connectivity index (χ1v) is 10.9. The molecule has 1 aliphatic rings. The van der Waals surface area contributed by atoms with E-state index in [4.69, 9.17) is 4.55 Å². The van der Waals surface area contributed by atoms with Gasteiger partial charge >= 0.3 is 0 Å². The second-order valence-electron chi connectivity index (χ2n) is 6.09. The lowest BCUT2D eigenvalue weighted by Crippen LogP contribution is -2.03. The second-order valence-corrected chi connectivity index (χ2v) is 7.66. The maximum atomic E-state index is 10.4. The normalized spacial score (nSPS) is 13.1. The molecule has 0 aliphatic carbocycles. The second kappa shape index (κ2) is 16.8. The largest absolute Gasteiger partial charge is 0.368 e. The highest BCUT2D eigenvalue weighted by Crippen LogP contribution is 2.11. The number of rotatable bonds is 12. The van der Waals surface area contributed by atoms with Crippen molar-refractivity contribution < 1.29 is 13.0 Å². The molecule has 0 aromatic carbocycles. The molecule has 0 fully saturated rings. The van der Waals surface area contributed by atoms with E-state index in [1.807, 2.05) is 36.7 Å². The van der Waals surface area contributed by atoms with Crippen molar-refractivity contribution in [2.24, 2.45) is 0 Å². The van der Waals surface area contributed by atoms with E-state index >= 15 is 0 Å². The molecule has 0 spiro atoms. The summed E-state index contributed by atoms with van der Waals surface area (Å²) in [7, 11) is -3.73. The van der Waals surface area contributed by atoms with Gasteiger partial charge in [-0.05, 0) is 18.6 Å². The maximum Gasteiger partial charge on any atom is 0.264 e. The van der Waals surface area contributed by atoms with Crippen LogP contribution in [0.2, 0.25) is 0 Å². The van der Waals surface area contributed by atoms with Gasteiger partial charge in [0, 0.05) is 12.4 Å². The molecule has 0 saturated carbocycles. The summed E-state index contributed by atoms with van der Waals surface area (Å²) in [6, 6.07) is 0. The van der Waals surface area contributed by atoms with Crippen molar-refractivity contribution in [2.75, 3.05) is 5.75 Å². The number of unbranched alkanes of at least 4 members (excludes halogenated alkanes) is 10. The van der Waals surface area contributed by atoms with Gasteiger partial charge in [0.05, 0.1) is 5.75 Å². The van der Waals surface area contributed by atoms with Crippen LogP contribution in [0, 0.1) is 0 Å². The Morgan fingerprint density at radius 1 is 0.708 bits per heavy atom. The van der Waals surface area contributed by atoms with Crippen LogP contribution < -0.4 is 5.32 Å². The van der Waals surface area contributed by atoms with Crippen molar-refractivity contribution in [2.45, 2.75) is 77.6 Å². The molecular weight excluding hydrogens is 322 g/mol. The summed E-state index contributed by atoms with van der Waals surface area (Å²) in [5.41, 5.74) is 0. The van der Waals surface area contributed by atoms with E-state index in [-0.39, 0.29) is 5.75 Å². The van der Waals surface area contributed by atoms with Crippen LogP contribution in [0.1, 0.15) is 77.6 Å². The average molecular weight is 358 g/mol. The fourth-order valence-electron chi connectivity index (χ4n) is 2.35. The van der Waals surface area contributed by atoms with E-state index in [1.165, 1.54) is 51.4 Å². The standard InChI is InChI=1S/C13H28O3S.C6H7N/c1-2-3-4-5-6-7-8-9-10-11-12-13-17(14,15)16;1-2-4-6-7-5-3-1/h2-13H2,1H3,(H,14,15,16);1-7H. The molecule has 0 radical (unpaired) electrons. The van der Waals surface area contributed by atoms with E-state index in [1.54, 1.807) is 0 Å². The van der Waals surface area contributed by atoms with Crippen molar-refractivity contribution in [1.82, 2.24) is 5.32 Å². The third kappa shape index (κ3) is 20.9. The summed E-state index contributed by atoms with van der Waals surface area (Å²) in [5, 5.41) is 2.92. The Hall–Kier alpha value is -1.07. The molecule has 4 nitrogen and oxygen atoms in total. The molecule has 140 valence electrons. The summed E-state index contributed by atoms with van der Waals surface area (Å²) in [6.07, 6.45) is 24.7. The maximum absolute atomic E-state index is 10.4. The first-order valence-electron chi connectivity index (χ1n) is 9.26. The van der Waals surface area contributed by atoms with Gasteiger partial charge < -0.3 is 5.32 Å². The van der Waals surface area contributed by atoms with Gasteiger partial charge in [0.1, 0.15) is 0 Å². The highest BCUT2D eigenvalue weighted by atomic mass is 32.2. The predicted octanol–water partition coefficient (Wildman–Crippen LogP) is 5.36. The van der Waals surface area contributed by atoms with Crippen molar-refractivity contribution in [3.63, 3.8) is 0 Å². The lowest BCUT2D eigenvalue weighted by molar-refractivity contribution is 0.478. The van der Waals surface area contributed by atoms with Gasteiger partial charge in [-0.3, -0.25) is 4.55 Å². The van der Waals surface area contributed by atoms with E-state index < -0.39 is 10.1 Å². The van der Waals surface area contributed by atoms with Crippen LogP contribution in [0.5, 0.6) is 0 Å². The number of hydrogen-bond acceptors (Lipinski definition) is 3. The van der Waals surface area contributed by atoms with Crippen LogP contribution in [-0.4, -0.2) is 18.7 Å². The first kappa shape index (κ1) is 22.9. The third-order valence-corrected chi connectivity index (χ3v) is 4.53. The van der Waals surface area contributed by atoms with Gasteiger partial charge in [-0.25, -0.2) is 0 Å². The zero-order valence-corrected chi connectivity index (χ0v) is 15.9. The van der Waals surface area contributed by atoms with E-state index in [0.29, 0.717) is 6.42 Å². The van der Waals surface area contributed by atoms with Crippen LogP contribution in [0.4, 0.5) is 0 Å². The van der Waals surface area contributed by atoms with Crippen molar-refractivity contribution >= 4 is 10.1 Å². The highest BCUT2D eigenvalue weighted by molar-refractivity contribution is 7.85. The molecule has 2 N–H and O–H groups in total. The molecule has 24 heavy (non-hydrogen) atoms. The summed E-state index contributed by atoms with van der Waals surface area (Å²) < 4.78 is 29.4. The zero-order chi connectivity index (χ0) is 17.9. The third-order valence-electron chi connectivity index (χ3n) is 3.72. The highest BCUT2D eigenvalue weighted by Gasteiger charge is 2.02. The van der Waals surface area contributed by atoms with Gasteiger partial charge in [-0.2, -0.15) is 8.42 Å². The molecule has 0 saturated heterocycles. The van der Waals surface area contributed by atoms with Crippen LogP contribution in [0.25, 0.3) is 0 Å². The average Bonchev–Trinajstić information content (AvgIpc) is 2.85. The molecule has 1 rings (SSSR count). The fraction of sp³-hybridized carbons (Fsp3) is 0.684. The topological polar surface area (TPSA) is 66.4 Å². The minimum absolute atomic E-state index is 0.0793. The Balaban J connectivity index is 0.000000620. The van der Waals surface area contributed by atoms with E-state index in [9.17, 15) is 8.42 Å². The molecule has 0 atom stereocenters. The summed E-state index contributed by atoms with van der Waals surface area (Å²) in [5.74, 6) is -0.0793. The molecule has 0 unspecified atom stereocenters. The molecule has 0 aromatic rings. The summed E-state index contributed by atoms with van der Waals surface area (Å²) in [4.78, 5) is 0. The molecule has 5 heteroatoms. The number of allylic oxidation sites excluding steroid dienone is 4. The Morgan fingerprint density at radius 3 is 1.54 bits per heavy atom. The minimum atomic E-state index is -3.73.